The van der Waals surface area contributed by atoms with Crippen molar-refractivity contribution < 1.29 is 9.53 Å². The van der Waals surface area contributed by atoms with Crippen molar-refractivity contribution >= 4 is 46.8 Å². The van der Waals surface area contributed by atoms with Crippen LogP contribution in [0.1, 0.15) is 18.4 Å². The second-order valence-electron chi connectivity index (χ2n) is 5.27. The van der Waals surface area contributed by atoms with Crippen LogP contribution in [0.15, 0.2) is 36.4 Å². The fourth-order valence-electron chi connectivity index (χ4n) is 2.23. The zero-order chi connectivity index (χ0) is 16.7. The van der Waals surface area contributed by atoms with Crippen LogP contribution in [0.25, 0.3) is 6.08 Å². The molecule has 1 heterocycles. The summed E-state index contributed by atoms with van der Waals surface area (Å²) in [6.07, 6.45) is 4.38. The molecule has 0 saturated carbocycles. The van der Waals surface area contributed by atoms with Crippen LogP contribution in [0.5, 0.6) is 0 Å². The molecule has 0 bridgehead atoms. The third-order valence-electron chi connectivity index (χ3n) is 3.41. The molecule has 1 saturated heterocycles. The Balaban J connectivity index is 1.88. The molecule has 1 amide bonds. The Morgan fingerprint density at radius 3 is 2.70 bits per heavy atom. The first-order valence-corrected chi connectivity index (χ1v) is 8.54. The molecule has 1 fully saturated rings. The Labute approximate surface area is 151 Å². The van der Waals surface area contributed by atoms with Crippen molar-refractivity contribution in [1.82, 2.24) is 10.6 Å². The lowest BCUT2D eigenvalue weighted by Gasteiger charge is -2.27. The van der Waals surface area contributed by atoms with E-state index >= 15 is 0 Å². The SMILES string of the molecule is O=C(/C=C/c1ccccc1)N[C@H](NC[C@@H]1CCCO1)C(Cl)(Cl)Cl. The van der Waals surface area contributed by atoms with Crippen molar-refractivity contribution in [1.29, 1.82) is 0 Å². The van der Waals surface area contributed by atoms with Crippen molar-refractivity contribution in [3.8, 4) is 0 Å². The monoisotopic (exact) mass is 376 g/mol. The maximum Gasteiger partial charge on any atom is 0.245 e. The van der Waals surface area contributed by atoms with E-state index in [0.29, 0.717) is 6.54 Å². The molecule has 1 aromatic rings. The van der Waals surface area contributed by atoms with Gasteiger partial charge in [0.1, 0.15) is 6.17 Å². The Morgan fingerprint density at radius 2 is 2.09 bits per heavy atom. The molecular formula is C16H19Cl3N2O2. The second-order valence-corrected chi connectivity index (χ2v) is 7.64. The van der Waals surface area contributed by atoms with Gasteiger partial charge in [0.25, 0.3) is 0 Å². The van der Waals surface area contributed by atoms with Crippen LogP contribution >= 0.6 is 34.8 Å². The van der Waals surface area contributed by atoms with Crippen LogP contribution in [-0.4, -0.2) is 35.1 Å². The summed E-state index contributed by atoms with van der Waals surface area (Å²) < 4.78 is 3.85. The number of carbonyl (C=O) groups is 1. The van der Waals surface area contributed by atoms with Gasteiger partial charge in [-0.1, -0.05) is 65.1 Å². The lowest BCUT2D eigenvalue weighted by Crippen LogP contribution is -2.54. The predicted octanol–water partition coefficient (Wildman–Crippen LogP) is 3.28. The van der Waals surface area contributed by atoms with Crippen molar-refractivity contribution in [2.45, 2.75) is 28.9 Å². The topological polar surface area (TPSA) is 50.4 Å². The van der Waals surface area contributed by atoms with Crippen molar-refractivity contribution in [3.05, 3.63) is 42.0 Å². The summed E-state index contributed by atoms with van der Waals surface area (Å²) in [5, 5.41) is 5.71. The molecular weight excluding hydrogens is 359 g/mol. The Hall–Kier alpha value is -0.780. The summed E-state index contributed by atoms with van der Waals surface area (Å²) in [6.45, 7) is 1.26. The standard InChI is InChI=1S/C16H19Cl3N2O2/c17-16(18,19)15(20-11-13-7-4-10-23-13)21-14(22)9-8-12-5-2-1-3-6-12/h1-3,5-6,8-9,13,15,20H,4,7,10-11H2,(H,21,22)/b9-8+/t13-,15-/m0/s1. The number of halogens is 3. The molecule has 1 aromatic carbocycles. The molecule has 2 rings (SSSR count). The first kappa shape index (κ1) is 18.6. The van der Waals surface area contributed by atoms with Gasteiger partial charge in [-0.05, 0) is 24.5 Å². The van der Waals surface area contributed by atoms with Crippen LogP contribution in [-0.2, 0) is 9.53 Å². The van der Waals surface area contributed by atoms with E-state index in [0.717, 1.165) is 25.0 Å². The Bertz CT molecular complexity index is 526. The van der Waals surface area contributed by atoms with E-state index in [4.69, 9.17) is 39.5 Å². The van der Waals surface area contributed by atoms with E-state index in [-0.39, 0.29) is 12.0 Å². The minimum atomic E-state index is -1.66. The largest absolute Gasteiger partial charge is 0.377 e. The Kier molecular flexibility index (Phi) is 7.18. The summed E-state index contributed by atoms with van der Waals surface area (Å²) in [5.74, 6) is -0.343. The van der Waals surface area contributed by atoms with E-state index in [1.54, 1.807) is 6.08 Å². The first-order valence-electron chi connectivity index (χ1n) is 7.40. The summed E-state index contributed by atoms with van der Waals surface area (Å²) in [7, 11) is 0. The van der Waals surface area contributed by atoms with Gasteiger partial charge in [-0.2, -0.15) is 0 Å². The number of hydrogen-bond acceptors (Lipinski definition) is 3. The number of hydrogen-bond donors (Lipinski definition) is 2. The molecule has 4 nitrogen and oxygen atoms in total. The molecule has 0 aliphatic carbocycles. The average Bonchev–Trinajstić information content (AvgIpc) is 3.02. The zero-order valence-electron chi connectivity index (χ0n) is 12.5. The highest BCUT2D eigenvalue weighted by Crippen LogP contribution is 2.29. The number of ether oxygens (including phenoxy) is 1. The second kappa shape index (κ2) is 8.90. The van der Waals surface area contributed by atoms with Gasteiger partial charge in [-0.3, -0.25) is 10.1 Å². The van der Waals surface area contributed by atoms with Crippen LogP contribution in [0.2, 0.25) is 0 Å². The molecule has 1 aliphatic heterocycles. The molecule has 2 N–H and O–H groups in total. The number of alkyl halides is 3. The molecule has 7 heteroatoms. The molecule has 0 spiro atoms. The molecule has 23 heavy (non-hydrogen) atoms. The van der Waals surface area contributed by atoms with Crippen LogP contribution < -0.4 is 10.6 Å². The molecule has 2 atom stereocenters. The highest BCUT2D eigenvalue weighted by atomic mass is 35.6. The first-order chi connectivity index (χ1) is 10.9. The van der Waals surface area contributed by atoms with Gasteiger partial charge in [0.05, 0.1) is 6.10 Å². The van der Waals surface area contributed by atoms with E-state index in [1.807, 2.05) is 30.3 Å². The lowest BCUT2D eigenvalue weighted by atomic mass is 10.2. The third kappa shape index (κ3) is 6.69. The highest BCUT2D eigenvalue weighted by molar-refractivity contribution is 6.68. The highest BCUT2D eigenvalue weighted by Gasteiger charge is 2.34. The smallest absolute Gasteiger partial charge is 0.245 e. The number of amides is 1. The van der Waals surface area contributed by atoms with Gasteiger partial charge < -0.3 is 10.1 Å². The predicted molar refractivity (Wildman–Crippen MR) is 94.7 cm³/mol. The van der Waals surface area contributed by atoms with Gasteiger partial charge in [0.15, 0.2) is 0 Å². The molecule has 0 radical (unpaired) electrons. The van der Waals surface area contributed by atoms with Crippen LogP contribution in [0, 0.1) is 0 Å². The van der Waals surface area contributed by atoms with Crippen molar-refractivity contribution in [2.75, 3.05) is 13.2 Å². The number of carbonyl (C=O) groups excluding carboxylic acids is 1. The normalized spacial score (nSPS) is 19.9. The minimum absolute atomic E-state index is 0.0848. The third-order valence-corrected chi connectivity index (χ3v) is 4.07. The molecule has 0 aromatic heterocycles. The Morgan fingerprint density at radius 1 is 1.35 bits per heavy atom. The van der Waals surface area contributed by atoms with E-state index in [2.05, 4.69) is 10.6 Å². The van der Waals surface area contributed by atoms with Crippen molar-refractivity contribution in [3.63, 3.8) is 0 Å². The average molecular weight is 378 g/mol. The van der Waals surface area contributed by atoms with E-state index in [9.17, 15) is 4.79 Å². The molecule has 1 aliphatic rings. The number of nitrogens with one attached hydrogen (secondary N) is 2. The zero-order valence-corrected chi connectivity index (χ0v) is 14.7. The molecule has 126 valence electrons. The lowest BCUT2D eigenvalue weighted by molar-refractivity contribution is -0.117. The van der Waals surface area contributed by atoms with Gasteiger partial charge in [-0.25, -0.2) is 0 Å². The number of rotatable bonds is 6. The minimum Gasteiger partial charge on any atom is -0.377 e. The summed E-state index contributed by atoms with van der Waals surface area (Å²) in [5.41, 5.74) is 0.917. The summed E-state index contributed by atoms with van der Waals surface area (Å²) >= 11 is 17.8. The van der Waals surface area contributed by atoms with E-state index < -0.39 is 9.96 Å². The van der Waals surface area contributed by atoms with Crippen LogP contribution in [0.4, 0.5) is 0 Å². The van der Waals surface area contributed by atoms with Gasteiger partial charge in [0, 0.05) is 19.2 Å². The van der Waals surface area contributed by atoms with Gasteiger partial charge >= 0.3 is 0 Å². The van der Waals surface area contributed by atoms with Gasteiger partial charge in [-0.15, -0.1) is 0 Å². The maximum atomic E-state index is 12.0. The maximum absolute atomic E-state index is 12.0. The fourth-order valence-corrected chi connectivity index (χ4v) is 2.62. The van der Waals surface area contributed by atoms with Crippen molar-refractivity contribution in [2.24, 2.45) is 0 Å². The van der Waals surface area contributed by atoms with Gasteiger partial charge in [0.2, 0.25) is 9.70 Å². The molecule has 0 unspecified atom stereocenters. The summed E-state index contributed by atoms with van der Waals surface area (Å²) in [4.78, 5) is 12.0. The quantitative estimate of drug-likeness (QED) is 0.454. The summed E-state index contributed by atoms with van der Waals surface area (Å²) in [6, 6.07) is 9.48. The number of benzene rings is 1. The fraction of sp³-hybridized carbons (Fsp3) is 0.438. The van der Waals surface area contributed by atoms with Crippen LogP contribution in [0.3, 0.4) is 0 Å². The van der Waals surface area contributed by atoms with E-state index in [1.165, 1.54) is 6.08 Å².